The summed E-state index contributed by atoms with van der Waals surface area (Å²) in [4.78, 5) is 9.64. The summed E-state index contributed by atoms with van der Waals surface area (Å²) in [6, 6.07) is 27.1. The Morgan fingerprint density at radius 3 is 2.09 bits per heavy atom. The van der Waals surface area contributed by atoms with Gasteiger partial charge >= 0.3 is 0 Å². The van der Waals surface area contributed by atoms with E-state index in [1.807, 2.05) is 112 Å². The van der Waals surface area contributed by atoms with Gasteiger partial charge in [0.2, 0.25) is 0 Å². The maximum absolute atomic E-state index is 11.4. The molecule has 284 valence electrons. The van der Waals surface area contributed by atoms with Crippen molar-refractivity contribution in [1.29, 1.82) is 0 Å². The number of aromatic hydroxyl groups is 1. The highest BCUT2D eigenvalue weighted by atomic mass is 16.3. The van der Waals surface area contributed by atoms with E-state index in [1.165, 1.54) is 0 Å². The number of aromatic nitrogens is 3. The number of pyridine rings is 1. The molecule has 0 aliphatic rings. The van der Waals surface area contributed by atoms with Crippen LogP contribution in [0.5, 0.6) is 5.75 Å². The lowest BCUT2D eigenvalue weighted by molar-refractivity contribution is 0.477. The van der Waals surface area contributed by atoms with E-state index in [1.54, 1.807) is 36.4 Å². The lowest BCUT2D eigenvalue weighted by Crippen LogP contribution is -2.11. The highest BCUT2D eigenvalue weighted by Crippen LogP contribution is 2.42. The molecule has 0 amide bonds. The fraction of sp³-hybridized carbons (Fsp3) is 0.208. The van der Waals surface area contributed by atoms with E-state index in [0.29, 0.717) is 39.2 Å². The minimum absolute atomic E-state index is 0.0239. The van der Waals surface area contributed by atoms with E-state index in [2.05, 4.69) is 4.98 Å². The monoisotopic (exact) mass is 763 g/mol. The standard InChI is InChI=1S/C53H51N3O/c1-34(2)37-23-26-47(45(32-37)36-15-10-9-11-16-36)56-48-19-14-18-43(50(48)55-51(56)44-17-12-13-20-49(44)57)39-29-40(31-42(30-39)53(6,7)8)46-33-38(27-28-54-46)35-21-24-41(25-22-35)52(3,4)5/h9-34,57H,1-8H3/i3D3,4D3,5D3,21D,22D,24D,25D,27D,28D,33D,34D. The number of imidazole rings is 1. The van der Waals surface area contributed by atoms with Crippen molar-refractivity contribution in [2.24, 2.45) is 0 Å². The molecule has 1 N–H and O–H groups in total. The van der Waals surface area contributed by atoms with Crippen LogP contribution >= 0.6 is 0 Å². The van der Waals surface area contributed by atoms with Crippen molar-refractivity contribution >= 4 is 11.0 Å². The van der Waals surface area contributed by atoms with E-state index in [0.717, 1.165) is 22.3 Å². The van der Waals surface area contributed by atoms with Crippen molar-refractivity contribution in [2.45, 2.75) is 71.9 Å². The molecule has 0 unspecified atom stereocenters. The molecule has 0 spiro atoms. The van der Waals surface area contributed by atoms with E-state index in [9.17, 15) is 6.48 Å². The van der Waals surface area contributed by atoms with Gasteiger partial charge in [-0.05, 0) is 110 Å². The van der Waals surface area contributed by atoms with Crippen LogP contribution in [-0.4, -0.2) is 19.6 Å². The maximum atomic E-state index is 11.4. The molecule has 0 bridgehead atoms. The molecule has 0 saturated heterocycles. The third-order valence-electron chi connectivity index (χ3n) is 9.96. The van der Waals surface area contributed by atoms with Crippen LogP contribution in [0.25, 0.3) is 72.7 Å². The first kappa shape index (κ1) is 22.5. The number of hydrogen-bond acceptors (Lipinski definition) is 3. The van der Waals surface area contributed by atoms with Crippen molar-refractivity contribution in [2.75, 3.05) is 0 Å². The highest BCUT2D eigenvalue weighted by molar-refractivity contribution is 5.97. The van der Waals surface area contributed by atoms with Crippen LogP contribution in [0.15, 0.2) is 152 Å². The van der Waals surface area contributed by atoms with Crippen molar-refractivity contribution in [3.8, 4) is 67.5 Å². The van der Waals surface area contributed by atoms with Gasteiger partial charge in [0, 0.05) is 36.6 Å². The SMILES string of the molecule is [2H]c1nc(-c2cc(-c3cccc4c3nc(-c3ccccc3O)n4-c3ccc(C([2H])(C)C)cc3-c3ccccc3)cc(C(C)(C)C)c2)c([2H])c(-c2c([2H])c([2H])c(C(C([2H])([2H])[2H])(C([2H])([2H])[2H])C([2H])([2H])[2H])c([2H])c2[2H])c1[2H]. The van der Waals surface area contributed by atoms with Gasteiger partial charge in [-0.2, -0.15) is 0 Å². The van der Waals surface area contributed by atoms with Gasteiger partial charge in [0.25, 0.3) is 0 Å². The number of phenols is 1. The van der Waals surface area contributed by atoms with Crippen LogP contribution in [0.3, 0.4) is 0 Å². The molecule has 0 aliphatic heterocycles. The quantitative estimate of drug-likeness (QED) is 0.176. The Hall–Kier alpha value is -6.26. The fourth-order valence-corrected chi connectivity index (χ4v) is 6.87. The van der Waals surface area contributed by atoms with Crippen LogP contribution in [0.4, 0.5) is 0 Å². The Balaban J connectivity index is 1.41. The fourth-order valence-electron chi connectivity index (χ4n) is 6.87. The summed E-state index contributed by atoms with van der Waals surface area (Å²) in [5.74, 6) is -0.565. The third kappa shape index (κ3) is 7.40. The molecular weight excluding hydrogens is 695 g/mol. The number of nitrogens with zero attached hydrogens (tertiary/aromatic N) is 3. The highest BCUT2D eigenvalue weighted by Gasteiger charge is 2.24. The number of benzene rings is 6. The number of rotatable bonds is 7. The molecule has 0 fully saturated rings. The van der Waals surface area contributed by atoms with E-state index >= 15 is 0 Å². The third-order valence-corrected chi connectivity index (χ3v) is 9.96. The molecule has 0 radical (unpaired) electrons. The topological polar surface area (TPSA) is 50.9 Å². The van der Waals surface area contributed by atoms with Crippen molar-refractivity contribution in [3.63, 3.8) is 0 Å². The van der Waals surface area contributed by atoms with E-state index < -0.39 is 96.4 Å². The summed E-state index contributed by atoms with van der Waals surface area (Å²) in [6.45, 7) is -2.26. The Morgan fingerprint density at radius 2 is 1.37 bits per heavy atom. The number of para-hydroxylation sites is 2. The van der Waals surface area contributed by atoms with Gasteiger partial charge in [-0.1, -0.05) is 146 Å². The van der Waals surface area contributed by atoms with Crippen LogP contribution in [0, 0.1) is 0 Å². The predicted molar refractivity (Wildman–Crippen MR) is 239 cm³/mol. The lowest BCUT2D eigenvalue weighted by atomic mass is 9.83. The zero-order valence-corrected chi connectivity index (χ0v) is 32.2. The van der Waals surface area contributed by atoms with Gasteiger partial charge in [-0.3, -0.25) is 9.55 Å². The molecule has 8 rings (SSSR count). The van der Waals surface area contributed by atoms with Crippen molar-refractivity contribution in [1.82, 2.24) is 14.5 Å². The zero-order chi connectivity index (χ0) is 54.6. The maximum Gasteiger partial charge on any atom is 0.149 e. The van der Waals surface area contributed by atoms with Gasteiger partial charge in [0.1, 0.15) is 11.6 Å². The molecule has 2 heterocycles. The zero-order valence-electron chi connectivity index (χ0n) is 49.2. The van der Waals surface area contributed by atoms with Gasteiger partial charge in [-0.15, -0.1) is 0 Å². The van der Waals surface area contributed by atoms with Crippen LogP contribution in [0.1, 0.15) is 101 Å². The molecule has 4 nitrogen and oxygen atoms in total. The second-order valence-electron chi connectivity index (χ2n) is 15.3. The van der Waals surface area contributed by atoms with Crippen LogP contribution < -0.4 is 0 Å². The number of phenolic OH excluding ortho intramolecular Hbond substituents is 1. The molecule has 57 heavy (non-hydrogen) atoms. The van der Waals surface area contributed by atoms with Crippen molar-refractivity contribution in [3.05, 3.63) is 168 Å². The van der Waals surface area contributed by atoms with Gasteiger partial charge in [0.05, 0.1) is 37.6 Å². The first-order valence-electron chi connectivity index (χ1n) is 27.0. The summed E-state index contributed by atoms with van der Waals surface area (Å²) in [5, 5.41) is 11.4. The largest absolute Gasteiger partial charge is 0.507 e. The Kier molecular flexibility index (Phi) is 5.78. The van der Waals surface area contributed by atoms with Gasteiger partial charge in [0.15, 0.2) is 0 Å². The molecular formula is C53H51N3O. The smallest absolute Gasteiger partial charge is 0.149 e. The molecule has 2 aromatic heterocycles. The summed E-state index contributed by atoms with van der Waals surface area (Å²) < 4.78 is 149. The molecule has 8 aromatic rings. The average Bonchev–Trinajstić information content (AvgIpc) is 3.69. The number of fused-ring (bicyclic) bond motifs is 1. The second-order valence-corrected chi connectivity index (χ2v) is 15.3. The molecule has 0 atom stereocenters. The molecule has 6 aromatic carbocycles. The molecule has 4 heteroatoms. The minimum atomic E-state index is -3.92. The number of hydrogen-bond donors (Lipinski definition) is 1. The normalized spacial score (nSPS) is 17.2. The Bertz CT molecular complexity index is 3460. The van der Waals surface area contributed by atoms with Crippen LogP contribution in [0.2, 0.25) is 0 Å². The first-order valence-corrected chi connectivity index (χ1v) is 18.5. The van der Waals surface area contributed by atoms with E-state index in [-0.39, 0.29) is 17.0 Å². The summed E-state index contributed by atoms with van der Waals surface area (Å²) in [6.07, 6.45) is -0.737. The molecule has 0 saturated carbocycles. The van der Waals surface area contributed by atoms with Crippen molar-refractivity contribution < 1.29 is 28.4 Å². The van der Waals surface area contributed by atoms with Crippen LogP contribution in [-0.2, 0) is 10.8 Å². The summed E-state index contributed by atoms with van der Waals surface area (Å²) in [5.41, 5.74) is -0.624. The Labute approximate surface area is 361 Å². The summed E-state index contributed by atoms with van der Waals surface area (Å²) in [7, 11) is 0. The van der Waals surface area contributed by atoms with Gasteiger partial charge < -0.3 is 5.11 Å². The second kappa shape index (κ2) is 14.7. The van der Waals surface area contributed by atoms with Gasteiger partial charge in [-0.25, -0.2) is 4.98 Å². The molecule has 0 aliphatic carbocycles. The predicted octanol–water partition coefficient (Wildman–Crippen LogP) is 14.2. The first-order chi connectivity index (χ1) is 34.2. The average molecular weight is 763 g/mol. The Morgan fingerprint density at radius 1 is 0.649 bits per heavy atom. The summed E-state index contributed by atoms with van der Waals surface area (Å²) >= 11 is 0. The minimum Gasteiger partial charge on any atom is -0.507 e. The lowest BCUT2D eigenvalue weighted by Gasteiger charge is -2.22. The van der Waals surface area contributed by atoms with E-state index in [4.69, 9.17) is 26.9 Å².